The predicted octanol–water partition coefficient (Wildman–Crippen LogP) is 15.2. The summed E-state index contributed by atoms with van der Waals surface area (Å²) in [5, 5.41) is 22.4. The van der Waals surface area contributed by atoms with E-state index < -0.39 is 35.1 Å². The topological polar surface area (TPSA) is 350 Å². The standard InChI is InChI=1S/C29H34N6O3.C28H36N4O5.C23H24N6O2.C6H8N2O.BH.U/c1-7-8-15-35-22(16-21(30-6)27(36)33-20-13-14-20)23(19-11-9-18(2)10-12-19)24-25(31-17-32-26(24)35)34-28(37)38-29(3,4)5;1-9-10-15-31-20(16-33)21(19-13-11-18(2)12-14-19)22-23(31)29-17-30-24(22)32(25(34)36-27(3,4)5)26(35)37-28(6,7)8;1-14-4-6-15(7-5-14)19-18(12-17(25-2)23(31)28-16-8-9-16)29(10-3-11-30)22-20(19)21(24)26-13-27-22;1-7-4-6(9)8-5-2-3-5;;/h9-12,16-17,20H,7-8,13-15H2,1-5H3,(H,33,36)(H,31,32,34,37);11-14,16-17H,9-10,15H2,1-8H3;4-7,12-13,16,30H,3,8-11H2,1H3,(H,28,31)(H2,24,26,27);5H,2-4H2,(H,8,9);1H;/b21-16-;;17-12-;;;/i;;;;1D;. The first-order chi connectivity index (χ1) is 55.7. The maximum Gasteiger partial charge on any atom is 0.425 e. The van der Waals surface area contributed by atoms with E-state index in [1.54, 1.807) is 74.5 Å². The number of imide groups is 1. The van der Waals surface area contributed by atoms with E-state index in [0.29, 0.717) is 99.5 Å². The molecule has 9 aromatic rings. The van der Waals surface area contributed by atoms with Crippen molar-refractivity contribution in [2.75, 3.05) is 29.1 Å². The van der Waals surface area contributed by atoms with Gasteiger partial charge in [0.15, 0.2) is 12.1 Å². The van der Waals surface area contributed by atoms with Crippen LogP contribution >= 0.6 is 0 Å². The van der Waals surface area contributed by atoms with Crippen LogP contribution in [0.2, 0.25) is 0 Å². The van der Waals surface area contributed by atoms with E-state index in [0.717, 1.165) is 120 Å². The SMILES string of the molecule is CCCCn1c(C=O)c(-c2ccc(C)cc2)c2c(N(C(=O)OC(C)(C)C)C(=O)OC(C)(C)C)ncnc21.[2H][B].[C-]#[N+]/C(=C\c1c(-c2ccc(C)cc2)c2c(N)ncnc2n1CCCO)C(=O)NC1CC1.[C-]#[N+]/C(=C\c1c(-c2ccc(C)cc2)c2c(NC(=O)OC(C)(C)C)ncnc2n1CCCC)C(=O)NC1CC1.[C-]#[N+]CC(=O)NC1CC1.[U]. The Balaban J connectivity index is 0.000000229. The summed E-state index contributed by atoms with van der Waals surface area (Å²) in [5.41, 5.74) is 14.9. The van der Waals surface area contributed by atoms with E-state index >= 15 is 0 Å². The quantitative estimate of drug-likeness (QED) is 0.0114. The van der Waals surface area contributed by atoms with Gasteiger partial charge in [-0.2, -0.15) is 4.90 Å². The predicted molar refractivity (Wildman–Crippen MR) is 450 cm³/mol. The minimum atomic E-state index is -0.939. The van der Waals surface area contributed by atoms with Gasteiger partial charge < -0.3 is 59.5 Å². The zero-order chi connectivity index (χ0) is 85.6. The number of nitrogens with two attached hydrogens (primary N) is 1. The second-order valence-electron chi connectivity index (χ2n) is 31.4. The van der Waals surface area contributed by atoms with Crippen molar-refractivity contribution in [2.24, 2.45) is 0 Å². The molecule has 3 aliphatic carbocycles. The van der Waals surface area contributed by atoms with E-state index in [9.17, 15) is 38.7 Å². The molecule has 2 radical (unpaired) electrons. The number of rotatable bonds is 23. The number of unbranched alkanes of at least 4 members (excludes halogenated alkanes) is 2. The third-order valence-electron chi connectivity index (χ3n) is 18.0. The number of aryl methyl sites for hydroxylation is 6. The molecule has 0 atom stereocenters. The Hall–Kier alpha value is -11.6. The van der Waals surface area contributed by atoms with Crippen molar-refractivity contribution in [2.45, 2.75) is 222 Å². The van der Waals surface area contributed by atoms with Crippen molar-refractivity contribution >= 4 is 113 Å². The van der Waals surface area contributed by atoms with Gasteiger partial charge in [0.05, 0.1) is 35.0 Å². The number of ether oxygens (including phenoxy) is 3. The minimum absolute atomic E-state index is 0. The number of aromatic nitrogens is 9. The summed E-state index contributed by atoms with van der Waals surface area (Å²) >= 11 is 0. The van der Waals surface area contributed by atoms with Gasteiger partial charge in [0, 0.05) is 112 Å². The number of carbonyl (C=O) groups is 7. The van der Waals surface area contributed by atoms with Crippen LogP contribution in [-0.4, -0.2) is 149 Å². The van der Waals surface area contributed by atoms with Crippen molar-refractivity contribution in [1.82, 2.24) is 59.6 Å². The molecule has 6 heterocycles. The fourth-order valence-electron chi connectivity index (χ4n) is 12.2. The minimum Gasteiger partial charge on any atom is -0.444 e. The second kappa shape index (κ2) is 41.3. The number of carbonyl (C=O) groups excluding carboxylic acids is 7. The number of hydrogen-bond acceptors (Lipinski definition) is 18. The van der Waals surface area contributed by atoms with Gasteiger partial charge in [-0.3, -0.25) is 24.5 Å². The van der Waals surface area contributed by atoms with Crippen molar-refractivity contribution in [3.05, 3.63) is 171 Å². The molecule has 0 saturated heterocycles. The van der Waals surface area contributed by atoms with Gasteiger partial charge in [-0.25, -0.2) is 60.5 Å². The molecule has 29 nitrogen and oxygen atoms in total. The number of nitrogen functional groups attached to an aromatic ring is 1. The number of aldehydes is 1. The molecule has 3 saturated carbocycles. The number of anilines is 3. The van der Waals surface area contributed by atoms with Crippen LogP contribution in [0.4, 0.5) is 31.8 Å². The third kappa shape index (κ3) is 25.0. The average Bonchev–Trinajstić information content (AvgIpc) is 1.60. The van der Waals surface area contributed by atoms with Crippen LogP contribution in [0.15, 0.2) is 103 Å². The third-order valence-corrected chi connectivity index (χ3v) is 18.0. The number of fused-ring (bicyclic) bond motifs is 3. The molecule has 117 heavy (non-hydrogen) atoms. The second-order valence-corrected chi connectivity index (χ2v) is 31.4. The molecule has 6 amide bonds. The number of amides is 6. The molecule has 6 aromatic heterocycles. The van der Waals surface area contributed by atoms with Gasteiger partial charge in [-0.1, -0.05) is 116 Å². The van der Waals surface area contributed by atoms with Crippen molar-refractivity contribution in [1.29, 1.82) is 1.34 Å². The van der Waals surface area contributed by atoms with Crippen molar-refractivity contribution in [3.63, 3.8) is 0 Å². The summed E-state index contributed by atoms with van der Waals surface area (Å²) in [6, 6.07) is 24.2. The molecular formula is C86H103BN18O11U. The van der Waals surface area contributed by atoms with Gasteiger partial charge in [0.25, 0.3) is 35.7 Å². The molecule has 3 fully saturated rings. The first kappa shape index (κ1) is 91.0. The normalized spacial score (nSPS) is 13.2. The Labute approximate surface area is 709 Å². The van der Waals surface area contributed by atoms with Crippen LogP contribution in [0.5, 0.6) is 0 Å². The van der Waals surface area contributed by atoms with E-state index in [2.05, 4.69) is 87.9 Å². The summed E-state index contributed by atoms with van der Waals surface area (Å²) in [5.74, 6) is -0.288. The number of hydrogen-bond donors (Lipinski definition) is 6. The fraction of sp³-hybridized carbons (Fsp3) is 0.419. The number of aliphatic hydroxyl groups excluding tert-OH is 1. The van der Waals surface area contributed by atoms with Crippen LogP contribution in [0.25, 0.3) is 93.2 Å². The van der Waals surface area contributed by atoms with E-state index in [4.69, 9.17) is 41.0 Å². The Morgan fingerprint density at radius 3 is 1.32 bits per heavy atom. The van der Waals surface area contributed by atoms with Crippen LogP contribution in [0, 0.1) is 71.6 Å². The van der Waals surface area contributed by atoms with Gasteiger partial charge in [0.2, 0.25) is 0 Å². The summed E-state index contributed by atoms with van der Waals surface area (Å²) < 4.78 is 27.6. The van der Waals surface area contributed by atoms with Crippen molar-refractivity contribution in [3.8, 4) is 33.4 Å². The fourth-order valence-corrected chi connectivity index (χ4v) is 12.2. The summed E-state index contributed by atoms with van der Waals surface area (Å²) in [7, 11) is 3.75. The van der Waals surface area contributed by atoms with Crippen LogP contribution in [0.3, 0.4) is 0 Å². The first-order valence-electron chi connectivity index (χ1n) is 39.1. The molecule has 7 N–H and O–H groups in total. The molecule has 3 aliphatic rings. The maximum absolute atomic E-state index is 13.4. The molecule has 3 aromatic carbocycles. The van der Waals surface area contributed by atoms with Crippen LogP contribution < -0.4 is 31.9 Å². The Morgan fingerprint density at radius 2 is 0.932 bits per heavy atom. The first-order valence-corrected chi connectivity index (χ1v) is 38.6. The molecule has 0 aliphatic heterocycles. The van der Waals surface area contributed by atoms with Crippen LogP contribution in [0.1, 0.15) is 185 Å². The molecule has 610 valence electrons. The van der Waals surface area contributed by atoms with Gasteiger partial charge in [-0.05, 0) is 171 Å². The zero-order valence-corrected chi connectivity index (χ0v) is 73.1. The Bertz CT molecular complexity index is 5250. The smallest absolute Gasteiger partial charge is 0.425 e. The Kier molecular flexibility index (Phi) is 32.1. The maximum atomic E-state index is 13.4. The molecule has 12 rings (SSSR count). The molecule has 0 bridgehead atoms. The molecular weight excluding hydrogens is 1710 g/mol. The van der Waals surface area contributed by atoms with E-state index in [1.807, 2.05) is 107 Å². The van der Waals surface area contributed by atoms with Gasteiger partial charge in [0.1, 0.15) is 64.4 Å². The van der Waals surface area contributed by atoms with E-state index in [-0.39, 0.29) is 91.3 Å². The summed E-state index contributed by atoms with van der Waals surface area (Å²) in [4.78, 5) is 125. The largest absolute Gasteiger partial charge is 0.444 e. The van der Waals surface area contributed by atoms with E-state index in [1.165, 1.54) is 19.0 Å². The monoisotopic (exact) mass is 1810 g/mol. The summed E-state index contributed by atoms with van der Waals surface area (Å²) in [6.45, 7) is 49.0. The van der Waals surface area contributed by atoms with Crippen molar-refractivity contribution < 1.29 is 84.0 Å². The molecule has 0 spiro atoms. The summed E-state index contributed by atoms with van der Waals surface area (Å²) in [6.07, 6.45) is 15.5. The zero-order valence-electron chi connectivity index (χ0n) is 69.9. The Morgan fingerprint density at radius 1 is 0.556 bits per heavy atom. The van der Waals surface area contributed by atoms with Gasteiger partial charge in [-0.15, -0.1) is 0 Å². The molecule has 31 heteroatoms. The number of nitrogens with zero attached hydrogens (tertiary/aromatic N) is 13. The van der Waals surface area contributed by atoms with Crippen LogP contribution in [-0.2, 0) is 48.2 Å². The number of benzene rings is 3. The average molecular weight is 1810 g/mol. The number of aliphatic hydroxyl groups is 1. The number of nitrogens with one attached hydrogen (secondary N) is 4. The van der Waals surface area contributed by atoms with Gasteiger partial charge >= 0.3 is 18.3 Å². The molecule has 0 unspecified atom stereocenters.